The maximum atomic E-state index is 6.31. The largest absolute Gasteiger partial charge is 0.330 e. The van der Waals surface area contributed by atoms with Gasteiger partial charge in [-0.15, -0.1) is 0 Å². The van der Waals surface area contributed by atoms with E-state index in [0.29, 0.717) is 5.02 Å². The van der Waals surface area contributed by atoms with Crippen LogP contribution in [0.2, 0.25) is 5.02 Å². The molecule has 0 fully saturated rings. The molecule has 3 aromatic rings. The van der Waals surface area contributed by atoms with Crippen molar-refractivity contribution in [3.8, 4) is 0 Å². The molecule has 20 heavy (non-hydrogen) atoms. The first-order chi connectivity index (χ1) is 9.65. The molecule has 2 aromatic carbocycles. The van der Waals surface area contributed by atoms with E-state index < -0.39 is 0 Å². The summed E-state index contributed by atoms with van der Waals surface area (Å²) >= 11 is 6.04. The van der Waals surface area contributed by atoms with Crippen LogP contribution < -0.4 is 5.73 Å². The maximum Gasteiger partial charge on any atom is 0.126 e. The highest BCUT2D eigenvalue weighted by molar-refractivity contribution is 6.31. The fourth-order valence-electron chi connectivity index (χ4n) is 2.47. The van der Waals surface area contributed by atoms with Gasteiger partial charge >= 0.3 is 0 Å². The van der Waals surface area contributed by atoms with Crippen LogP contribution in [0.4, 0.5) is 0 Å². The van der Waals surface area contributed by atoms with E-state index in [4.69, 9.17) is 17.3 Å². The van der Waals surface area contributed by atoms with Crippen LogP contribution in [0.15, 0.2) is 48.5 Å². The molecule has 1 aromatic heterocycles. The van der Waals surface area contributed by atoms with Gasteiger partial charge in [-0.05, 0) is 30.2 Å². The summed E-state index contributed by atoms with van der Waals surface area (Å²) in [4.78, 5) is 4.63. The fourth-order valence-corrected chi connectivity index (χ4v) is 2.64. The molecule has 1 heterocycles. The molecular formula is C16H16ClN3. The smallest absolute Gasteiger partial charge is 0.126 e. The molecular weight excluding hydrogens is 270 g/mol. The monoisotopic (exact) mass is 285 g/mol. The third-order valence-corrected chi connectivity index (χ3v) is 3.74. The number of imidazole rings is 1. The van der Waals surface area contributed by atoms with Gasteiger partial charge in [0.1, 0.15) is 5.82 Å². The van der Waals surface area contributed by atoms with Crippen LogP contribution in [0.5, 0.6) is 0 Å². The number of aromatic nitrogens is 2. The van der Waals surface area contributed by atoms with Gasteiger partial charge in [0.15, 0.2) is 0 Å². The van der Waals surface area contributed by atoms with Crippen LogP contribution in [-0.2, 0) is 13.5 Å². The predicted octanol–water partition coefficient (Wildman–Crippen LogP) is 3.47. The Balaban J connectivity index is 1.95. The third kappa shape index (κ3) is 2.42. The summed E-state index contributed by atoms with van der Waals surface area (Å²) in [6, 6.07) is 15.8. The van der Waals surface area contributed by atoms with Gasteiger partial charge < -0.3 is 10.3 Å². The second-order valence-corrected chi connectivity index (χ2v) is 5.39. The van der Waals surface area contributed by atoms with E-state index in [1.807, 2.05) is 48.0 Å². The van der Waals surface area contributed by atoms with Gasteiger partial charge in [-0.25, -0.2) is 4.98 Å². The van der Waals surface area contributed by atoms with E-state index in [9.17, 15) is 0 Å². The minimum atomic E-state index is -0.131. The second-order valence-electron chi connectivity index (χ2n) is 4.96. The number of fused-ring (bicyclic) bond motifs is 1. The number of rotatable bonds is 3. The lowest BCUT2D eigenvalue weighted by molar-refractivity contribution is 0.638. The molecule has 0 aliphatic rings. The van der Waals surface area contributed by atoms with Gasteiger partial charge in [0, 0.05) is 12.1 Å². The van der Waals surface area contributed by atoms with E-state index >= 15 is 0 Å². The minimum Gasteiger partial charge on any atom is -0.330 e. The first-order valence-corrected chi connectivity index (χ1v) is 6.94. The number of hydrogen-bond acceptors (Lipinski definition) is 2. The zero-order valence-corrected chi connectivity index (χ0v) is 12.0. The van der Waals surface area contributed by atoms with Crippen molar-refractivity contribution in [3.63, 3.8) is 0 Å². The lowest BCUT2D eigenvalue weighted by atomic mass is 10.1. The highest BCUT2D eigenvalue weighted by Gasteiger charge is 2.15. The Labute approximate surface area is 123 Å². The molecule has 102 valence electrons. The molecule has 3 rings (SSSR count). The average Bonchev–Trinajstić information content (AvgIpc) is 2.77. The van der Waals surface area contributed by atoms with E-state index in [1.54, 1.807) is 0 Å². The molecule has 1 unspecified atom stereocenters. The van der Waals surface area contributed by atoms with Crippen LogP contribution in [0.1, 0.15) is 17.4 Å². The summed E-state index contributed by atoms with van der Waals surface area (Å²) in [5, 5.41) is 0.712. The van der Waals surface area contributed by atoms with Crippen molar-refractivity contribution < 1.29 is 0 Å². The van der Waals surface area contributed by atoms with Crippen molar-refractivity contribution in [2.75, 3.05) is 0 Å². The molecule has 4 heteroatoms. The quantitative estimate of drug-likeness (QED) is 0.801. The van der Waals surface area contributed by atoms with Gasteiger partial charge in [-0.1, -0.05) is 41.9 Å². The Morgan fingerprint density at radius 3 is 2.70 bits per heavy atom. The van der Waals surface area contributed by atoms with Crippen molar-refractivity contribution >= 4 is 22.6 Å². The maximum absolute atomic E-state index is 6.31. The molecule has 0 saturated carbocycles. The average molecular weight is 286 g/mol. The van der Waals surface area contributed by atoms with Gasteiger partial charge in [0.25, 0.3) is 0 Å². The zero-order chi connectivity index (χ0) is 14.1. The molecule has 0 bridgehead atoms. The summed E-state index contributed by atoms with van der Waals surface area (Å²) in [5.41, 5.74) is 9.46. The Hall–Kier alpha value is -1.84. The molecule has 0 radical (unpaired) electrons. The van der Waals surface area contributed by atoms with Crippen LogP contribution in [0.25, 0.3) is 11.0 Å². The Morgan fingerprint density at radius 1 is 1.20 bits per heavy atom. The lowest BCUT2D eigenvalue weighted by Gasteiger charge is -2.11. The Kier molecular flexibility index (Phi) is 3.47. The molecule has 0 amide bonds. The van der Waals surface area contributed by atoms with Gasteiger partial charge in [-0.2, -0.15) is 0 Å². The Bertz CT molecular complexity index is 734. The number of benzene rings is 2. The van der Waals surface area contributed by atoms with Crippen molar-refractivity contribution in [2.24, 2.45) is 12.8 Å². The highest BCUT2D eigenvalue weighted by atomic mass is 35.5. The number of halogens is 1. The fraction of sp³-hybridized carbons (Fsp3) is 0.188. The summed E-state index contributed by atoms with van der Waals surface area (Å²) in [7, 11) is 1.98. The summed E-state index contributed by atoms with van der Waals surface area (Å²) in [5.74, 6) is 0.881. The van der Waals surface area contributed by atoms with E-state index in [1.165, 1.54) is 5.56 Å². The molecule has 3 nitrogen and oxygen atoms in total. The summed E-state index contributed by atoms with van der Waals surface area (Å²) < 4.78 is 2.02. The standard InChI is InChI=1S/C16H16ClN3/c1-20-15-10-12(17)7-8-14(15)19-16(20)13(18)9-11-5-3-2-4-6-11/h2-8,10,13H,9,18H2,1H3. The number of nitrogens with two attached hydrogens (primary N) is 1. The molecule has 1 atom stereocenters. The molecule has 0 saturated heterocycles. The third-order valence-electron chi connectivity index (χ3n) is 3.51. The summed E-state index contributed by atoms with van der Waals surface area (Å²) in [6.45, 7) is 0. The van der Waals surface area contributed by atoms with Crippen LogP contribution in [0.3, 0.4) is 0 Å². The lowest BCUT2D eigenvalue weighted by Crippen LogP contribution is -2.17. The van der Waals surface area contributed by atoms with Gasteiger partial charge in [0.05, 0.1) is 17.1 Å². The first kappa shape index (κ1) is 13.2. The zero-order valence-electron chi connectivity index (χ0n) is 11.3. The molecule has 0 aliphatic carbocycles. The number of aryl methyl sites for hydroxylation is 1. The normalized spacial score (nSPS) is 12.8. The number of hydrogen-bond donors (Lipinski definition) is 1. The van der Waals surface area contributed by atoms with Crippen molar-refractivity contribution in [3.05, 3.63) is 64.9 Å². The van der Waals surface area contributed by atoms with Crippen molar-refractivity contribution in [1.29, 1.82) is 0 Å². The van der Waals surface area contributed by atoms with Crippen molar-refractivity contribution in [2.45, 2.75) is 12.5 Å². The summed E-state index contributed by atoms with van der Waals surface area (Å²) in [6.07, 6.45) is 0.770. The van der Waals surface area contributed by atoms with Crippen LogP contribution in [0, 0.1) is 0 Å². The molecule has 0 aliphatic heterocycles. The predicted molar refractivity (Wildman–Crippen MR) is 82.8 cm³/mol. The van der Waals surface area contributed by atoms with Crippen LogP contribution in [-0.4, -0.2) is 9.55 Å². The minimum absolute atomic E-state index is 0.131. The van der Waals surface area contributed by atoms with Crippen molar-refractivity contribution in [1.82, 2.24) is 9.55 Å². The highest BCUT2D eigenvalue weighted by Crippen LogP contribution is 2.23. The van der Waals surface area contributed by atoms with E-state index in [0.717, 1.165) is 23.3 Å². The van der Waals surface area contributed by atoms with Gasteiger partial charge in [0.2, 0.25) is 0 Å². The molecule has 0 spiro atoms. The Morgan fingerprint density at radius 2 is 1.95 bits per heavy atom. The van der Waals surface area contributed by atoms with E-state index in [2.05, 4.69) is 17.1 Å². The van der Waals surface area contributed by atoms with E-state index in [-0.39, 0.29) is 6.04 Å². The first-order valence-electron chi connectivity index (χ1n) is 6.56. The van der Waals surface area contributed by atoms with Crippen LogP contribution >= 0.6 is 11.6 Å². The van der Waals surface area contributed by atoms with Gasteiger partial charge in [-0.3, -0.25) is 0 Å². The second kappa shape index (κ2) is 5.27. The molecule has 2 N–H and O–H groups in total. The topological polar surface area (TPSA) is 43.8 Å². The number of nitrogens with zero attached hydrogens (tertiary/aromatic N) is 2. The SMILES string of the molecule is Cn1c(C(N)Cc2ccccc2)nc2ccc(Cl)cc21.